The number of hydrogen-bond acceptors (Lipinski definition) is 1. The maximum Gasteiger partial charge on any atom is 0.187 e. The zero-order chi connectivity index (χ0) is 24.6. The Morgan fingerprint density at radius 1 is 0.829 bits per heavy atom. The van der Waals surface area contributed by atoms with Crippen molar-refractivity contribution in [1.29, 1.82) is 0 Å². The van der Waals surface area contributed by atoms with Crippen LogP contribution in [0.5, 0.6) is 0 Å². The van der Waals surface area contributed by atoms with Crippen LogP contribution in [0, 0.1) is 0 Å². The summed E-state index contributed by atoms with van der Waals surface area (Å²) in [4.78, 5) is 0. The minimum Gasteiger partial charge on any atom is -0.327 e. The molecule has 0 radical (unpaired) electrons. The van der Waals surface area contributed by atoms with E-state index in [0.717, 1.165) is 6.42 Å². The molecule has 1 aliphatic heterocycles. The Hall–Kier alpha value is -2.84. The molecule has 0 amide bonds. The minimum atomic E-state index is -0.276. The van der Waals surface area contributed by atoms with Crippen LogP contribution in [0.2, 0.25) is 10.6 Å². The molecule has 1 saturated heterocycles. The highest BCUT2D eigenvalue weighted by atomic mass is 14.5. The largest absolute Gasteiger partial charge is 0.327 e. The van der Waals surface area contributed by atoms with Gasteiger partial charge in [0.2, 0.25) is 0 Å². The zero-order valence-electron chi connectivity index (χ0n) is 21.7. The van der Waals surface area contributed by atoms with Crippen LogP contribution in [0.1, 0.15) is 80.3 Å². The van der Waals surface area contributed by atoms with Crippen LogP contribution in [0.3, 0.4) is 0 Å². The summed E-state index contributed by atoms with van der Waals surface area (Å²) in [5.41, 5.74) is 17.0. The Morgan fingerprint density at radius 2 is 1.43 bits per heavy atom. The molecule has 1 spiro atoms. The third kappa shape index (κ3) is 2.87. The maximum absolute atomic E-state index is 5.90. The number of benzene rings is 3. The van der Waals surface area contributed by atoms with E-state index in [2.05, 4.69) is 120 Å². The van der Waals surface area contributed by atoms with E-state index in [1.165, 1.54) is 44.4 Å². The predicted molar refractivity (Wildman–Crippen MR) is 151 cm³/mol. The van der Waals surface area contributed by atoms with Gasteiger partial charge in [-0.25, -0.2) is 0 Å². The van der Waals surface area contributed by atoms with Gasteiger partial charge in [0.05, 0.1) is 5.41 Å². The molecule has 35 heavy (non-hydrogen) atoms. The summed E-state index contributed by atoms with van der Waals surface area (Å²) in [7, 11) is 0. The van der Waals surface area contributed by atoms with Crippen molar-refractivity contribution in [2.24, 2.45) is 5.73 Å². The van der Waals surface area contributed by atoms with Gasteiger partial charge in [-0.05, 0) is 45.4 Å². The molecular formula is C33H36BN. The smallest absolute Gasteiger partial charge is 0.187 e. The van der Waals surface area contributed by atoms with E-state index < -0.39 is 0 Å². The van der Waals surface area contributed by atoms with Crippen LogP contribution in [-0.2, 0) is 5.41 Å². The van der Waals surface area contributed by atoms with E-state index in [0.29, 0.717) is 29.8 Å². The van der Waals surface area contributed by atoms with E-state index in [4.69, 9.17) is 5.73 Å². The highest BCUT2D eigenvalue weighted by molar-refractivity contribution is 6.89. The molecular weight excluding hydrogens is 421 g/mol. The quantitative estimate of drug-likeness (QED) is 0.417. The Labute approximate surface area is 211 Å². The highest BCUT2D eigenvalue weighted by Gasteiger charge is 2.68. The standard InChI is InChI=1S/C33H36BN/c1-6-24-26-13-7-9-15-28(26)33(29-16-10-8-14-27(24)29)21-22(12-11-19-35)25-18-17-23(20-30(25)33)34-31(2,3)32(34,4)5/h7-18,20-21,24H,6,19,35H2,1-5H3/b12-11-. The third-order valence-electron chi connectivity index (χ3n) is 9.87. The van der Waals surface area contributed by atoms with E-state index in [1.54, 1.807) is 0 Å². The Bertz CT molecular complexity index is 1330. The predicted octanol–water partition coefficient (Wildman–Crippen LogP) is 7.06. The monoisotopic (exact) mass is 457 g/mol. The molecule has 3 aliphatic rings. The molecule has 0 atom stereocenters. The Balaban J connectivity index is 1.68. The Morgan fingerprint density at radius 3 is 1.97 bits per heavy atom. The number of hydrogen-bond donors (Lipinski definition) is 1. The van der Waals surface area contributed by atoms with Gasteiger partial charge in [0, 0.05) is 12.5 Å². The average molecular weight is 457 g/mol. The minimum absolute atomic E-state index is 0.276. The summed E-state index contributed by atoms with van der Waals surface area (Å²) in [5, 5.41) is 0.608. The molecule has 1 nitrogen and oxygen atoms in total. The molecule has 0 saturated carbocycles. The van der Waals surface area contributed by atoms with Gasteiger partial charge in [-0.3, -0.25) is 0 Å². The number of rotatable bonds is 4. The molecule has 1 fully saturated rings. The van der Waals surface area contributed by atoms with Crippen LogP contribution in [-0.4, -0.2) is 13.3 Å². The molecule has 176 valence electrons. The third-order valence-corrected chi connectivity index (χ3v) is 9.87. The van der Waals surface area contributed by atoms with Gasteiger partial charge in [-0.2, -0.15) is 0 Å². The highest BCUT2D eigenvalue weighted by Crippen LogP contribution is 2.73. The lowest BCUT2D eigenvalue weighted by Gasteiger charge is -2.41. The van der Waals surface area contributed by atoms with Crippen molar-refractivity contribution in [2.45, 2.75) is 63.0 Å². The lowest BCUT2D eigenvalue weighted by Crippen LogP contribution is -2.34. The number of allylic oxidation sites excluding steroid dienone is 3. The van der Waals surface area contributed by atoms with E-state index in [-0.39, 0.29) is 5.41 Å². The SMILES string of the molecule is CCC1c2ccccc2C2(C=C(/C=C\CN)c3ccc(B4C(C)(C)C4(C)C)cc32)c2ccccc21. The lowest BCUT2D eigenvalue weighted by atomic mass is 9.52. The number of nitrogens with two attached hydrogens (primary N) is 1. The van der Waals surface area contributed by atoms with Crippen LogP contribution in [0.4, 0.5) is 0 Å². The molecule has 2 aliphatic carbocycles. The fourth-order valence-electron chi connectivity index (χ4n) is 7.59. The maximum atomic E-state index is 5.90. The van der Waals surface area contributed by atoms with Gasteiger partial charge in [-0.15, -0.1) is 0 Å². The van der Waals surface area contributed by atoms with Crippen LogP contribution < -0.4 is 11.2 Å². The first-order valence-electron chi connectivity index (χ1n) is 13.2. The molecule has 0 unspecified atom stereocenters. The lowest BCUT2D eigenvalue weighted by molar-refractivity contribution is 0.628. The summed E-state index contributed by atoms with van der Waals surface area (Å²) in [6, 6.07) is 25.7. The summed E-state index contributed by atoms with van der Waals surface area (Å²) in [6.07, 6.45) is 7.95. The second-order valence-corrected chi connectivity index (χ2v) is 11.9. The molecule has 1 heterocycles. The fourth-order valence-corrected chi connectivity index (χ4v) is 7.59. The summed E-state index contributed by atoms with van der Waals surface area (Å²) in [5.74, 6) is 0.429. The van der Waals surface area contributed by atoms with Gasteiger partial charge in [0.1, 0.15) is 0 Å². The first-order chi connectivity index (χ1) is 16.8. The number of fused-ring (bicyclic) bond motifs is 6. The van der Waals surface area contributed by atoms with E-state index in [1.807, 2.05) is 0 Å². The van der Waals surface area contributed by atoms with Gasteiger partial charge in [0.25, 0.3) is 0 Å². The average Bonchev–Trinajstić information content (AvgIpc) is 3.10. The topological polar surface area (TPSA) is 26.0 Å². The van der Waals surface area contributed by atoms with Crippen molar-refractivity contribution >= 4 is 17.7 Å². The second-order valence-electron chi connectivity index (χ2n) is 11.9. The molecule has 6 rings (SSSR count). The second kappa shape index (κ2) is 7.58. The summed E-state index contributed by atoms with van der Waals surface area (Å²) in [6.45, 7) is 13.1. The van der Waals surface area contributed by atoms with E-state index in [9.17, 15) is 0 Å². The van der Waals surface area contributed by atoms with Gasteiger partial charge >= 0.3 is 0 Å². The van der Waals surface area contributed by atoms with E-state index >= 15 is 0 Å². The van der Waals surface area contributed by atoms with Gasteiger partial charge < -0.3 is 5.73 Å². The molecule has 0 bridgehead atoms. The summed E-state index contributed by atoms with van der Waals surface area (Å²) < 4.78 is 0. The summed E-state index contributed by atoms with van der Waals surface area (Å²) >= 11 is 0. The molecule has 2 N–H and O–H groups in total. The van der Waals surface area contributed by atoms with Crippen LogP contribution in [0.25, 0.3) is 5.57 Å². The first-order valence-corrected chi connectivity index (χ1v) is 13.2. The Kier molecular flexibility index (Phi) is 4.90. The molecule has 3 aromatic rings. The van der Waals surface area contributed by atoms with Crippen molar-refractivity contribution < 1.29 is 0 Å². The first kappa shape index (κ1) is 22.6. The van der Waals surface area contributed by atoms with Gasteiger partial charge in [-0.1, -0.05) is 136 Å². The van der Waals surface area contributed by atoms with Crippen LogP contribution in [0.15, 0.2) is 85.0 Å². The zero-order valence-corrected chi connectivity index (χ0v) is 21.7. The molecule has 0 aromatic heterocycles. The van der Waals surface area contributed by atoms with Crippen molar-refractivity contribution in [3.8, 4) is 0 Å². The fraction of sp³-hybridized carbons (Fsp3) is 0.333. The van der Waals surface area contributed by atoms with Gasteiger partial charge in [0.15, 0.2) is 6.71 Å². The van der Waals surface area contributed by atoms with Crippen LogP contribution >= 0.6 is 0 Å². The van der Waals surface area contributed by atoms with Crippen molar-refractivity contribution in [2.75, 3.05) is 6.54 Å². The van der Waals surface area contributed by atoms with Crippen molar-refractivity contribution in [3.05, 3.63) is 118 Å². The molecule has 2 heteroatoms. The molecule has 3 aromatic carbocycles. The van der Waals surface area contributed by atoms with Crippen molar-refractivity contribution in [1.82, 2.24) is 0 Å². The van der Waals surface area contributed by atoms with Crippen molar-refractivity contribution in [3.63, 3.8) is 0 Å². The normalized spacial score (nSPS) is 24.8.